The van der Waals surface area contributed by atoms with Gasteiger partial charge in [0.25, 0.3) is 0 Å². The number of benzene rings is 1. The topological polar surface area (TPSA) is 41.6 Å². The summed E-state index contributed by atoms with van der Waals surface area (Å²) in [7, 11) is 2.06. The first-order valence-corrected chi connectivity index (χ1v) is 7.02. The number of rotatable bonds is 5. The molecule has 4 nitrogen and oxygen atoms in total. The Morgan fingerprint density at radius 2 is 2.25 bits per heavy atom. The second-order valence-electron chi connectivity index (χ2n) is 5.21. The summed E-state index contributed by atoms with van der Waals surface area (Å²) in [5.41, 5.74) is 0.814. The third-order valence-corrected chi connectivity index (χ3v) is 3.48. The Morgan fingerprint density at radius 3 is 2.90 bits per heavy atom. The zero-order valence-electron chi connectivity index (χ0n) is 12.0. The fourth-order valence-electron chi connectivity index (χ4n) is 2.41. The summed E-state index contributed by atoms with van der Waals surface area (Å²) in [4.78, 5) is 14.4. The van der Waals surface area contributed by atoms with Crippen molar-refractivity contribution in [3.63, 3.8) is 0 Å². The minimum atomic E-state index is 0.0884. The molecule has 0 unspecified atom stereocenters. The molecule has 4 heteroatoms. The molecule has 0 aliphatic carbocycles. The first-order valence-electron chi connectivity index (χ1n) is 7.02. The number of nitrogens with zero attached hydrogens (tertiary/aromatic N) is 1. The van der Waals surface area contributed by atoms with Crippen LogP contribution in [-0.4, -0.2) is 37.6 Å². The van der Waals surface area contributed by atoms with Gasteiger partial charge < -0.3 is 15.0 Å². The van der Waals surface area contributed by atoms with Gasteiger partial charge in [-0.2, -0.15) is 0 Å². The van der Waals surface area contributed by atoms with Crippen molar-refractivity contribution in [2.75, 3.05) is 32.1 Å². The van der Waals surface area contributed by atoms with Crippen LogP contribution in [0.3, 0.4) is 0 Å². The van der Waals surface area contributed by atoms with Gasteiger partial charge in [-0.3, -0.25) is 4.79 Å². The number of amides is 1. The van der Waals surface area contributed by atoms with E-state index in [9.17, 15) is 4.79 Å². The van der Waals surface area contributed by atoms with E-state index in [-0.39, 0.29) is 11.8 Å². The Bertz CT molecular complexity index is 456. The number of piperidine rings is 1. The Kier molecular flexibility index (Phi) is 5.18. The molecule has 1 atom stereocenters. The molecule has 108 valence electrons. The fraction of sp³-hybridized carbons (Fsp3) is 0.438. The van der Waals surface area contributed by atoms with Crippen molar-refractivity contribution >= 4 is 11.6 Å². The van der Waals surface area contributed by atoms with Gasteiger partial charge >= 0.3 is 0 Å². The lowest BCUT2D eigenvalue weighted by Crippen LogP contribution is -2.38. The average molecular weight is 274 g/mol. The van der Waals surface area contributed by atoms with Crippen LogP contribution in [-0.2, 0) is 4.79 Å². The number of hydrogen-bond donors (Lipinski definition) is 1. The van der Waals surface area contributed by atoms with Gasteiger partial charge in [-0.25, -0.2) is 0 Å². The Hall–Kier alpha value is -1.81. The zero-order valence-corrected chi connectivity index (χ0v) is 12.0. The number of nitrogens with one attached hydrogen (secondary N) is 1. The van der Waals surface area contributed by atoms with Gasteiger partial charge in [-0.05, 0) is 50.7 Å². The monoisotopic (exact) mass is 274 g/mol. The maximum Gasteiger partial charge on any atom is 0.228 e. The van der Waals surface area contributed by atoms with Crippen LogP contribution in [0.4, 0.5) is 5.69 Å². The van der Waals surface area contributed by atoms with E-state index in [1.165, 1.54) is 0 Å². The quantitative estimate of drug-likeness (QED) is 0.839. The Labute approximate surface area is 120 Å². The van der Waals surface area contributed by atoms with Crippen molar-refractivity contribution in [1.82, 2.24) is 4.90 Å². The van der Waals surface area contributed by atoms with Gasteiger partial charge in [-0.15, -0.1) is 0 Å². The molecule has 1 aliphatic heterocycles. The van der Waals surface area contributed by atoms with Crippen molar-refractivity contribution in [2.45, 2.75) is 12.8 Å². The van der Waals surface area contributed by atoms with Crippen molar-refractivity contribution < 1.29 is 9.53 Å². The molecule has 0 saturated carbocycles. The molecule has 1 aliphatic rings. The highest BCUT2D eigenvalue weighted by atomic mass is 16.5. The van der Waals surface area contributed by atoms with E-state index in [1.54, 1.807) is 6.08 Å². The Morgan fingerprint density at radius 1 is 1.50 bits per heavy atom. The molecule has 0 radical (unpaired) electrons. The molecule has 2 rings (SSSR count). The molecule has 1 fully saturated rings. The summed E-state index contributed by atoms with van der Waals surface area (Å²) in [6, 6.07) is 7.43. The summed E-state index contributed by atoms with van der Waals surface area (Å²) in [5.74, 6) is 0.974. The highest BCUT2D eigenvalue weighted by Gasteiger charge is 2.23. The lowest BCUT2D eigenvalue weighted by molar-refractivity contribution is -0.121. The summed E-state index contributed by atoms with van der Waals surface area (Å²) in [6.45, 7) is 6.01. The Balaban J connectivity index is 1.88. The third-order valence-electron chi connectivity index (χ3n) is 3.48. The highest BCUT2D eigenvalue weighted by Crippen LogP contribution is 2.19. The van der Waals surface area contributed by atoms with Gasteiger partial charge in [0.05, 0.1) is 5.92 Å². The van der Waals surface area contributed by atoms with E-state index in [4.69, 9.17) is 4.74 Å². The maximum atomic E-state index is 12.2. The predicted octanol–water partition coefficient (Wildman–Crippen LogP) is 2.53. The molecule has 1 N–H and O–H groups in total. The van der Waals surface area contributed by atoms with Crippen LogP contribution in [0.1, 0.15) is 12.8 Å². The number of anilines is 1. The number of hydrogen-bond acceptors (Lipinski definition) is 3. The summed E-state index contributed by atoms with van der Waals surface area (Å²) < 4.78 is 5.41. The molecule has 0 bridgehead atoms. The summed E-state index contributed by atoms with van der Waals surface area (Å²) in [6.07, 6.45) is 3.76. The van der Waals surface area contributed by atoms with Crippen molar-refractivity contribution in [1.29, 1.82) is 0 Å². The standard InChI is InChI=1S/C16H22N2O2/c1-3-11-20-15-8-6-14(7-9-15)17-16(19)13-5-4-10-18(2)12-13/h3,6-9,13H,1,4-5,10-12H2,2H3,(H,17,19)/t13-/m1/s1. The van der Waals surface area contributed by atoms with E-state index in [0.717, 1.165) is 37.4 Å². The minimum absolute atomic E-state index is 0.0884. The van der Waals surface area contributed by atoms with Gasteiger partial charge in [0.15, 0.2) is 0 Å². The molecule has 1 heterocycles. The minimum Gasteiger partial charge on any atom is -0.490 e. The molecular formula is C16H22N2O2. The third kappa shape index (κ3) is 4.10. The lowest BCUT2D eigenvalue weighted by atomic mass is 9.97. The van der Waals surface area contributed by atoms with E-state index in [1.807, 2.05) is 24.3 Å². The second-order valence-corrected chi connectivity index (χ2v) is 5.21. The fourth-order valence-corrected chi connectivity index (χ4v) is 2.41. The largest absolute Gasteiger partial charge is 0.490 e. The number of carbonyl (C=O) groups excluding carboxylic acids is 1. The molecule has 20 heavy (non-hydrogen) atoms. The molecular weight excluding hydrogens is 252 g/mol. The van der Waals surface area contributed by atoms with Gasteiger partial charge in [-0.1, -0.05) is 12.7 Å². The normalized spacial score (nSPS) is 19.4. The summed E-state index contributed by atoms with van der Waals surface area (Å²) >= 11 is 0. The molecule has 1 saturated heterocycles. The van der Waals surface area contributed by atoms with E-state index in [0.29, 0.717) is 6.61 Å². The first-order chi connectivity index (χ1) is 9.69. The smallest absolute Gasteiger partial charge is 0.228 e. The van der Waals surface area contributed by atoms with E-state index < -0.39 is 0 Å². The summed E-state index contributed by atoms with van der Waals surface area (Å²) in [5, 5.41) is 2.97. The van der Waals surface area contributed by atoms with Crippen LogP contribution >= 0.6 is 0 Å². The first kappa shape index (κ1) is 14.6. The van der Waals surface area contributed by atoms with Crippen molar-refractivity contribution in [3.05, 3.63) is 36.9 Å². The molecule has 0 spiro atoms. The van der Waals surface area contributed by atoms with Crippen LogP contribution < -0.4 is 10.1 Å². The van der Waals surface area contributed by atoms with Crippen LogP contribution in [0.5, 0.6) is 5.75 Å². The molecule has 1 amide bonds. The second kappa shape index (κ2) is 7.10. The molecule has 1 aromatic rings. The van der Waals surface area contributed by atoms with Crippen LogP contribution in [0.25, 0.3) is 0 Å². The van der Waals surface area contributed by atoms with Gasteiger partial charge in [0.1, 0.15) is 12.4 Å². The van der Waals surface area contributed by atoms with Crippen molar-refractivity contribution in [2.24, 2.45) is 5.92 Å². The van der Waals surface area contributed by atoms with Crippen LogP contribution in [0, 0.1) is 5.92 Å². The average Bonchev–Trinajstić information content (AvgIpc) is 2.46. The number of carbonyl (C=O) groups is 1. The van der Waals surface area contributed by atoms with E-state index >= 15 is 0 Å². The van der Waals surface area contributed by atoms with E-state index in [2.05, 4.69) is 23.8 Å². The SMILES string of the molecule is C=CCOc1ccc(NC(=O)[C@@H]2CCCN(C)C2)cc1. The molecule has 0 aromatic heterocycles. The predicted molar refractivity (Wildman–Crippen MR) is 81.0 cm³/mol. The van der Waals surface area contributed by atoms with Crippen molar-refractivity contribution in [3.8, 4) is 5.75 Å². The number of ether oxygens (including phenoxy) is 1. The van der Waals surface area contributed by atoms with Gasteiger partial charge in [0, 0.05) is 12.2 Å². The molecule has 1 aromatic carbocycles. The van der Waals surface area contributed by atoms with Gasteiger partial charge in [0.2, 0.25) is 5.91 Å². The van der Waals surface area contributed by atoms with Crippen LogP contribution in [0.2, 0.25) is 0 Å². The van der Waals surface area contributed by atoms with Crippen LogP contribution in [0.15, 0.2) is 36.9 Å². The number of likely N-dealkylation sites (tertiary alicyclic amines) is 1. The maximum absolute atomic E-state index is 12.2. The zero-order chi connectivity index (χ0) is 14.4. The lowest BCUT2D eigenvalue weighted by Gasteiger charge is -2.28. The highest BCUT2D eigenvalue weighted by molar-refractivity contribution is 5.92.